The molecule has 1 fully saturated rings. The normalized spacial score (nSPS) is 24.9. The molecule has 18 heavy (non-hydrogen) atoms. The van der Waals surface area contributed by atoms with Crippen LogP contribution in [-0.2, 0) is 9.59 Å². The summed E-state index contributed by atoms with van der Waals surface area (Å²) in [6, 6.07) is -0.468. The van der Waals surface area contributed by atoms with Crippen LogP contribution in [0.25, 0.3) is 0 Å². The maximum Gasteiger partial charge on any atom is 0.242 e. The summed E-state index contributed by atoms with van der Waals surface area (Å²) in [5.41, 5.74) is 0. The molecule has 3 unspecified atom stereocenters. The highest BCUT2D eigenvalue weighted by molar-refractivity contribution is 5.88. The average molecular weight is 255 g/mol. The smallest absolute Gasteiger partial charge is 0.242 e. The molecule has 104 valence electrons. The summed E-state index contributed by atoms with van der Waals surface area (Å²) in [6.07, 6.45) is 0. The van der Waals surface area contributed by atoms with Gasteiger partial charge in [-0.05, 0) is 25.3 Å². The van der Waals surface area contributed by atoms with Crippen molar-refractivity contribution in [1.82, 2.24) is 16.0 Å². The average Bonchev–Trinajstić information content (AvgIpc) is 2.72. The van der Waals surface area contributed by atoms with E-state index in [1.807, 2.05) is 20.8 Å². The zero-order valence-corrected chi connectivity index (χ0v) is 11.7. The molecule has 0 saturated carbocycles. The van der Waals surface area contributed by atoms with Gasteiger partial charge in [-0.15, -0.1) is 0 Å². The quantitative estimate of drug-likeness (QED) is 0.653. The van der Waals surface area contributed by atoms with Crippen molar-refractivity contribution >= 4 is 11.8 Å². The Morgan fingerprint density at radius 3 is 2.44 bits per heavy atom. The van der Waals surface area contributed by atoms with Crippen LogP contribution in [0.15, 0.2) is 0 Å². The molecule has 1 aliphatic heterocycles. The van der Waals surface area contributed by atoms with E-state index in [1.54, 1.807) is 6.92 Å². The summed E-state index contributed by atoms with van der Waals surface area (Å²) in [5.74, 6) is 0.576. The van der Waals surface area contributed by atoms with Gasteiger partial charge in [0.15, 0.2) is 0 Å². The molecule has 2 amide bonds. The number of hydrogen-bond acceptors (Lipinski definition) is 3. The predicted molar refractivity (Wildman–Crippen MR) is 71.0 cm³/mol. The zero-order valence-electron chi connectivity index (χ0n) is 11.7. The first-order chi connectivity index (χ1) is 8.41. The largest absolute Gasteiger partial charge is 0.354 e. The molecule has 5 heteroatoms. The second kappa shape index (κ2) is 6.73. The Kier molecular flexibility index (Phi) is 5.59. The Hall–Kier alpha value is -1.10. The second-order valence-electron chi connectivity index (χ2n) is 5.61. The molecule has 0 aromatic heterocycles. The molecule has 5 nitrogen and oxygen atoms in total. The number of carbonyl (C=O) groups excluding carboxylic acids is 2. The molecular weight excluding hydrogens is 230 g/mol. The summed E-state index contributed by atoms with van der Waals surface area (Å²) >= 11 is 0. The third kappa shape index (κ3) is 4.29. The summed E-state index contributed by atoms with van der Waals surface area (Å²) in [5, 5.41) is 8.79. The first-order valence-corrected chi connectivity index (χ1v) is 6.70. The van der Waals surface area contributed by atoms with Crippen molar-refractivity contribution in [2.45, 2.75) is 33.7 Å². The summed E-state index contributed by atoms with van der Waals surface area (Å²) in [6.45, 7) is 10.1. The molecule has 3 atom stereocenters. The van der Waals surface area contributed by atoms with Gasteiger partial charge in [0, 0.05) is 13.1 Å². The van der Waals surface area contributed by atoms with Crippen LogP contribution in [0, 0.1) is 17.8 Å². The van der Waals surface area contributed by atoms with E-state index in [-0.39, 0.29) is 17.7 Å². The van der Waals surface area contributed by atoms with Gasteiger partial charge in [-0.2, -0.15) is 0 Å². The van der Waals surface area contributed by atoms with E-state index in [9.17, 15) is 9.59 Å². The van der Waals surface area contributed by atoms with E-state index in [1.165, 1.54) is 0 Å². The van der Waals surface area contributed by atoms with Crippen LogP contribution in [0.1, 0.15) is 27.7 Å². The Balaban J connectivity index is 2.36. The fourth-order valence-electron chi connectivity index (χ4n) is 2.00. The molecule has 1 heterocycles. The lowest BCUT2D eigenvalue weighted by Crippen LogP contribution is -2.48. The van der Waals surface area contributed by atoms with Crippen molar-refractivity contribution in [3.05, 3.63) is 0 Å². The van der Waals surface area contributed by atoms with Crippen molar-refractivity contribution < 1.29 is 9.59 Å². The Morgan fingerprint density at radius 2 is 1.94 bits per heavy atom. The molecule has 0 bridgehead atoms. The molecule has 1 aliphatic rings. The van der Waals surface area contributed by atoms with Crippen LogP contribution in [0.2, 0.25) is 0 Å². The molecule has 0 aromatic carbocycles. The van der Waals surface area contributed by atoms with E-state index < -0.39 is 6.04 Å². The maximum atomic E-state index is 12.0. The van der Waals surface area contributed by atoms with Crippen LogP contribution < -0.4 is 16.0 Å². The second-order valence-corrected chi connectivity index (χ2v) is 5.61. The van der Waals surface area contributed by atoms with Gasteiger partial charge in [0.1, 0.15) is 6.04 Å². The fraction of sp³-hybridized carbons (Fsp3) is 0.846. The van der Waals surface area contributed by atoms with Crippen LogP contribution in [-0.4, -0.2) is 37.5 Å². The van der Waals surface area contributed by atoms with Gasteiger partial charge in [0.05, 0.1) is 5.92 Å². The van der Waals surface area contributed by atoms with Crippen LogP contribution >= 0.6 is 0 Å². The number of amides is 2. The van der Waals surface area contributed by atoms with E-state index in [0.717, 1.165) is 6.54 Å². The van der Waals surface area contributed by atoms with Crippen molar-refractivity contribution in [3.63, 3.8) is 0 Å². The number of rotatable bonds is 5. The first-order valence-electron chi connectivity index (χ1n) is 6.70. The van der Waals surface area contributed by atoms with Gasteiger partial charge < -0.3 is 16.0 Å². The van der Waals surface area contributed by atoms with Crippen molar-refractivity contribution in [3.8, 4) is 0 Å². The highest BCUT2D eigenvalue weighted by Gasteiger charge is 2.30. The third-order valence-electron chi connectivity index (χ3n) is 3.29. The molecule has 1 rings (SSSR count). The van der Waals surface area contributed by atoms with Gasteiger partial charge in [0.2, 0.25) is 11.8 Å². The molecule has 0 radical (unpaired) electrons. The summed E-state index contributed by atoms with van der Waals surface area (Å²) < 4.78 is 0. The van der Waals surface area contributed by atoms with Gasteiger partial charge in [-0.25, -0.2) is 0 Å². The van der Waals surface area contributed by atoms with Crippen LogP contribution in [0.4, 0.5) is 0 Å². The lowest BCUT2D eigenvalue weighted by Gasteiger charge is -2.19. The molecule has 0 aromatic rings. The summed E-state index contributed by atoms with van der Waals surface area (Å²) in [7, 11) is 0. The predicted octanol–water partition coefficient (Wildman–Crippen LogP) is 0.119. The Labute approximate surface area is 109 Å². The Morgan fingerprint density at radius 1 is 1.28 bits per heavy atom. The highest BCUT2D eigenvalue weighted by Crippen LogP contribution is 2.15. The van der Waals surface area contributed by atoms with Crippen molar-refractivity contribution in [2.75, 3.05) is 19.6 Å². The van der Waals surface area contributed by atoms with E-state index in [2.05, 4.69) is 16.0 Å². The van der Waals surface area contributed by atoms with E-state index in [4.69, 9.17) is 0 Å². The van der Waals surface area contributed by atoms with Crippen molar-refractivity contribution in [1.29, 1.82) is 0 Å². The molecule has 0 aliphatic carbocycles. The number of carbonyl (C=O) groups is 2. The van der Waals surface area contributed by atoms with Gasteiger partial charge in [-0.3, -0.25) is 9.59 Å². The van der Waals surface area contributed by atoms with Gasteiger partial charge in [-0.1, -0.05) is 20.8 Å². The van der Waals surface area contributed by atoms with E-state index >= 15 is 0 Å². The first kappa shape index (κ1) is 15.0. The minimum atomic E-state index is -0.468. The summed E-state index contributed by atoms with van der Waals surface area (Å²) in [4.78, 5) is 23.7. The zero-order chi connectivity index (χ0) is 13.7. The van der Waals surface area contributed by atoms with Crippen LogP contribution in [0.3, 0.4) is 0 Å². The molecular formula is C13H25N3O2. The number of hydrogen-bond donors (Lipinski definition) is 3. The standard InChI is InChI=1S/C13H25N3O2/c1-8(2)5-15-12(17)10(4)16-13(18)11-7-14-6-9(11)3/h8-11,14H,5-7H2,1-4H3,(H,15,17)(H,16,18). The van der Waals surface area contributed by atoms with Crippen molar-refractivity contribution in [2.24, 2.45) is 17.8 Å². The highest BCUT2D eigenvalue weighted by atomic mass is 16.2. The molecule has 3 N–H and O–H groups in total. The maximum absolute atomic E-state index is 12.0. The van der Waals surface area contributed by atoms with Gasteiger partial charge >= 0.3 is 0 Å². The molecule has 0 spiro atoms. The topological polar surface area (TPSA) is 70.2 Å². The lowest BCUT2D eigenvalue weighted by molar-refractivity contribution is -0.131. The monoisotopic (exact) mass is 255 g/mol. The van der Waals surface area contributed by atoms with Crippen LogP contribution in [0.5, 0.6) is 0 Å². The lowest BCUT2D eigenvalue weighted by atomic mass is 9.97. The van der Waals surface area contributed by atoms with Gasteiger partial charge in [0.25, 0.3) is 0 Å². The number of nitrogens with one attached hydrogen (secondary N) is 3. The van der Waals surface area contributed by atoms with E-state index in [0.29, 0.717) is 24.9 Å². The minimum absolute atomic E-state index is 0.0228. The fourth-order valence-corrected chi connectivity index (χ4v) is 2.00. The minimum Gasteiger partial charge on any atom is -0.354 e. The SMILES string of the molecule is CC(C)CNC(=O)C(C)NC(=O)C1CNCC1C. The Bertz CT molecular complexity index is 305. The third-order valence-corrected chi connectivity index (χ3v) is 3.29. The molecule has 1 saturated heterocycles.